The molecule has 1 saturated heterocycles. The topological polar surface area (TPSA) is 97.8 Å². The molecule has 1 aliphatic heterocycles. The highest BCUT2D eigenvalue weighted by Crippen LogP contribution is 2.28. The Morgan fingerprint density at radius 3 is 3.00 bits per heavy atom. The molecule has 0 radical (unpaired) electrons. The zero-order valence-corrected chi connectivity index (χ0v) is 16.8. The van der Waals surface area contributed by atoms with Gasteiger partial charge in [0.2, 0.25) is 5.95 Å². The number of piperidine rings is 1. The van der Waals surface area contributed by atoms with E-state index in [0.29, 0.717) is 17.0 Å². The second kappa shape index (κ2) is 8.05. The number of benzene rings is 1. The van der Waals surface area contributed by atoms with Crippen molar-refractivity contribution in [3.63, 3.8) is 0 Å². The number of alkyl carbamates (subject to hydrolysis) is 1. The third kappa shape index (κ3) is 3.89. The van der Waals surface area contributed by atoms with Crippen LogP contribution >= 0.6 is 15.9 Å². The molecule has 3 aromatic rings. The van der Waals surface area contributed by atoms with E-state index in [2.05, 4.69) is 36.1 Å². The van der Waals surface area contributed by atoms with Crippen molar-refractivity contribution < 1.29 is 9.53 Å². The lowest BCUT2D eigenvalue weighted by atomic mass is 10.1. The van der Waals surface area contributed by atoms with E-state index >= 15 is 0 Å². The first-order valence-electron chi connectivity index (χ1n) is 9.12. The van der Waals surface area contributed by atoms with Crippen molar-refractivity contribution in [3.05, 3.63) is 52.9 Å². The molecular formula is C19H21BrN6O2. The fourth-order valence-electron chi connectivity index (χ4n) is 3.44. The third-order valence-corrected chi connectivity index (χ3v) is 5.31. The Morgan fingerprint density at radius 1 is 1.36 bits per heavy atom. The van der Waals surface area contributed by atoms with Crippen molar-refractivity contribution in [2.75, 3.05) is 23.7 Å². The van der Waals surface area contributed by atoms with Crippen molar-refractivity contribution in [3.8, 4) is 0 Å². The number of hydrogen-bond acceptors (Lipinski definition) is 6. The molecule has 9 heteroatoms. The van der Waals surface area contributed by atoms with Gasteiger partial charge in [-0.1, -0.05) is 30.3 Å². The van der Waals surface area contributed by atoms with Gasteiger partial charge in [0, 0.05) is 31.5 Å². The molecule has 2 aromatic heterocycles. The molecule has 8 nitrogen and oxygen atoms in total. The minimum Gasteiger partial charge on any atom is -0.445 e. The maximum Gasteiger partial charge on any atom is 0.407 e. The smallest absolute Gasteiger partial charge is 0.407 e. The van der Waals surface area contributed by atoms with Gasteiger partial charge in [0.1, 0.15) is 16.7 Å². The van der Waals surface area contributed by atoms with Crippen molar-refractivity contribution in [1.82, 2.24) is 19.7 Å². The van der Waals surface area contributed by atoms with E-state index in [4.69, 9.17) is 10.5 Å². The zero-order valence-electron chi connectivity index (χ0n) is 15.2. The van der Waals surface area contributed by atoms with Crippen LogP contribution in [0.15, 0.2) is 47.3 Å². The molecule has 1 fully saturated rings. The molecule has 1 amide bonds. The second-order valence-corrected chi connectivity index (χ2v) is 7.48. The van der Waals surface area contributed by atoms with E-state index < -0.39 is 6.09 Å². The second-order valence-electron chi connectivity index (χ2n) is 6.72. The number of carbonyl (C=O) groups is 1. The van der Waals surface area contributed by atoms with E-state index in [1.54, 1.807) is 6.20 Å². The van der Waals surface area contributed by atoms with Crippen LogP contribution in [0.2, 0.25) is 0 Å². The predicted molar refractivity (Wildman–Crippen MR) is 110 cm³/mol. The highest BCUT2D eigenvalue weighted by atomic mass is 79.9. The summed E-state index contributed by atoms with van der Waals surface area (Å²) in [6.07, 6.45) is 4.92. The number of aromatic nitrogens is 3. The zero-order chi connectivity index (χ0) is 19.5. The van der Waals surface area contributed by atoms with Crippen LogP contribution in [0.3, 0.4) is 0 Å². The van der Waals surface area contributed by atoms with Crippen molar-refractivity contribution in [2.45, 2.75) is 25.5 Å². The Bertz CT molecular complexity index is 977. The Hall–Kier alpha value is -2.81. The molecule has 1 aliphatic rings. The minimum absolute atomic E-state index is 0.0117. The standard InChI is InChI=1S/C19H21BrN6O2/c20-16-15-17(21)22-8-10-26(15)18(24-16)25-9-4-7-14(11-25)23-19(27)28-12-13-5-2-1-3-6-13/h1-3,5-6,8,10,14H,4,7,9,11-12H2,(H2,21,22)(H,23,27)/t14-/m0/s1. The summed E-state index contributed by atoms with van der Waals surface area (Å²) in [5.74, 6) is 1.20. The molecule has 0 bridgehead atoms. The lowest BCUT2D eigenvalue weighted by Gasteiger charge is -2.33. The molecular weight excluding hydrogens is 424 g/mol. The Labute approximate surface area is 170 Å². The molecule has 3 heterocycles. The number of nitrogens with two attached hydrogens (primary N) is 1. The number of nitrogens with zero attached hydrogens (tertiary/aromatic N) is 4. The molecule has 146 valence electrons. The van der Waals surface area contributed by atoms with Gasteiger partial charge in [-0.15, -0.1) is 0 Å². The molecule has 1 atom stereocenters. The Kier molecular flexibility index (Phi) is 5.34. The molecule has 3 N–H and O–H groups in total. The van der Waals surface area contributed by atoms with Gasteiger partial charge >= 0.3 is 6.09 Å². The first kappa shape index (κ1) is 18.5. The number of imidazole rings is 1. The van der Waals surface area contributed by atoms with Gasteiger partial charge < -0.3 is 20.7 Å². The lowest BCUT2D eigenvalue weighted by Crippen LogP contribution is -2.48. The minimum atomic E-state index is -0.404. The largest absolute Gasteiger partial charge is 0.445 e. The van der Waals surface area contributed by atoms with Crippen LogP contribution < -0.4 is 16.0 Å². The van der Waals surface area contributed by atoms with Gasteiger partial charge in [0.25, 0.3) is 0 Å². The molecule has 1 aromatic carbocycles. The molecule has 0 spiro atoms. The first-order chi connectivity index (χ1) is 13.6. The van der Waals surface area contributed by atoms with Crippen LogP contribution in [0.25, 0.3) is 5.52 Å². The number of amides is 1. The fourth-order valence-corrected chi connectivity index (χ4v) is 3.99. The summed E-state index contributed by atoms with van der Waals surface area (Å²) in [4.78, 5) is 23.1. The van der Waals surface area contributed by atoms with Gasteiger partial charge in [-0.05, 0) is 34.3 Å². The van der Waals surface area contributed by atoms with Crippen molar-refractivity contribution in [1.29, 1.82) is 0 Å². The van der Waals surface area contributed by atoms with Gasteiger partial charge in [-0.3, -0.25) is 4.40 Å². The fraction of sp³-hybridized carbons (Fsp3) is 0.316. The van der Waals surface area contributed by atoms with E-state index in [9.17, 15) is 4.79 Å². The summed E-state index contributed by atoms with van der Waals surface area (Å²) < 4.78 is 7.92. The summed E-state index contributed by atoms with van der Waals surface area (Å²) in [5, 5.41) is 2.97. The number of anilines is 2. The molecule has 0 unspecified atom stereocenters. The average molecular weight is 445 g/mol. The van der Waals surface area contributed by atoms with Crippen molar-refractivity contribution >= 4 is 39.3 Å². The third-order valence-electron chi connectivity index (χ3n) is 4.76. The first-order valence-corrected chi connectivity index (χ1v) is 9.91. The van der Waals surface area contributed by atoms with Crippen LogP contribution in [0.4, 0.5) is 16.6 Å². The van der Waals surface area contributed by atoms with Crippen molar-refractivity contribution in [2.24, 2.45) is 0 Å². The normalized spacial score (nSPS) is 16.9. The molecule has 0 saturated carbocycles. The Balaban J connectivity index is 1.41. The number of hydrogen-bond donors (Lipinski definition) is 2. The highest BCUT2D eigenvalue weighted by Gasteiger charge is 2.26. The lowest BCUT2D eigenvalue weighted by molar-refractivity contribution is 0.134. The number of rotatable bonds is 4. The van der Waals surface area contributed by atoms with Crippen LogP contribution in [-0.4, -0.2) is 39.6 Å². The number of nitrogen functional groups attached to an aromatic ring is 1. The van der Waals surface area contributed by atoms with Gasteiger partial charge in [0.05, 0.1) is 0 Å². The van der Waals surface area contributed by atoms with Crippen LogP contribution in [-0.2, 0) is 11.3 Å². The summed E-state index contributed by atoms with van der Waals surface area (Å²) in [5.41, 5.74) is 7.69. The maximum absolute atomic E-state index is 12.2. The Morgan fingerprint density at radius 2 is 2.18 bits per heavy atom. The SMILES string of the molecule is Nc1nccn2c(N3CCC[C@H](NC(=O)OCc4ccccc4)C3)nc(Br)c12. The molecule has 28 heavy (non-hydrogen) atoms. The maximum atomic E-state index is 12.2. The summed E-state index contributed by atoms with van der Waals surface area (Å²) in [6, 6.07) is 9.62. The number of carbonyl (C=O) groups excluding carboxylic acids is 1. The van der Waals surface area contributed by atoms with Crippen LogP contribution in [0.5, 0.6) is 0 Å². The van der Waals surface area contributed by atoms with Gasteiger partial charge in [-0.2, -0.15) is 0 Å². The highest BCUT2D eigenvalue weighted by molar-refractivity contribution is 9.10. The number of ether oxygens (including phenoxy) is 1. The quantitative estimate of drug-likeness (QED) is 0.641. The van der Waals surface area contributed by atoms with Crippen LogP contribution in [0.1, 0.15) is 18.4 Å². The van der Waals surface area contributed by atoms with E-state index in [1.165, 1.54) is 0 Å². The van der Waals surface area contributed by atoms with E-state index in [-0.39, 0.29) is 12.6 Å². The summed E-state index contributed by atoms with van der Waals surface area (Å²) in [6.45, 7) is 1.76. The van der Waals surface area contributed by atoms with E-state index in [0.717, 1.165) is 36.4 Å². The molecule has 4 rings (SSSR count). The average Bonchev–Trinajstić information content (AvgIpc) is 3.05. The predicted octanol–water partition coefficient (Wildman–Crippen LogP) is 2.97. The summed E-state index contributed by atoms with van der Waals surface area (Å²) >= 11 is 3.46. The number of halogens is 1. The van der Waals surface area contributed by atoms with Gasteiger partial charge in [-0.25, -0.2) is 14.8 Å². The summed E-state index contributed by atoms with van der Waals surface area (Å²) in [7, 11) is 0. The van der Waals surface area contributed by atoms with Crippen LogP contribution in [0, 0.1) is 0 Å². The number of nitrogens with one attached hydrogen (secondary N) is 1. The monoisotopic (exact) mass is 444 g/mol. The van der Waals surface area contributed by atoms with Gasteiger partial charge in [0.15, 0.2) is 5.82 Å². The molecule has 0 aliphatic carbocycles. The number of fused-ring (bicyclic) bond motifs is 1. The van der Waals surface area contributed by atoms with E-state index in [1.807, 2.05) is 40.9 Å².